The van der Waals surface area contributed by atoms with Crippen molar-refractivity contribution in [2.75, 3.05) is 0 Å². The zero-order valence-corrected chi connectivity index (χ0v) is 7.64. The van der Waals surface area contributed by atoms with Gasteiger partial charge in [-0.15, -0.1) is 0 Å². The van der Waals surface area contributed by atoms with Crippen LogP contribution >= 0.6 is 0 Å². The third-order valence-corrected chi connectivity index (χ3v) is 4.10. The van der Waals surface area contributed by atoms with Crippen LogP contribution in [0, 0.1) is 17.3 Å². The Kier molecular flexibility index (Phi) is 1.54. The van der Waals surface area contributed by atoms with E-state index >= 15 is 0 Å². The van der Waals surface area contributed by atoms with Crippen LogP contribution < -0.4 is 5.73 Å². The first-order valence-electron chi connectivity index (χ1n) is 4.89. The van der Waals surface area contributed by atoms with Crippen molar-refractivity contribution >= 4 is 0 Å². The second-order valence-electron chi connectivity index (χ2n) is 4.90. The predicted octanol–water partition coefficient (Wildman–Crippen LogP) is 2.16. The van der Waals surface area contributed by atoms with Crippen LogP contribution in [-0.2, 0) is 0 Å². The minimum atomic E-state index is 0.449. The first kappa shape index (κ1) is 7.60. The quantitative estimate of drug-likeness (QED) is 0.567. The molecule has 0 heterocycles. The van der Waals surface area contributed by atoms with Gasteiger partial charge in [0.15, 0.2) is 0 Å². The van der Waals surface area contributed by atoms with E-state index in [2.05, 4.69) is 13.8 Å². The topological polar surface area (TPSA) is 26.0 Å². The molecule has 2 aliphatic carbocycles. The molecule has 2 saturated carbocycles. The van der Waals surface area contributed by atoms with Crippen molar-refractivity contribution in [3.63, 3.8) is 0 Å². The fourth-order valence-electron chi connectivity index (χ4n) is 3.19. The molecule has 0 radical (unpaired) electrons. The summed E-state index contributed by atoms with van der Waals surface area (Å²) in [6.07, 6.45) is 5.70. The van der Waals surface area contributed by atoms with Gasteiger partial charge >= 0.3 is 0 Å². The molecule has 0 aromatic rings. The Bertz CT molecular complexity index is 162. The Morgan fingerprint density at radius 1 is 1.18 bits per heavy atom. The number of nitrogens with two attached hydrogens (primary N) is 1. The van der Waals surface area contributed by atoms with Gasteiger partial charge in [-0.1, -0.05) is 26.7 Å². The highest BCUT2D eigenvalue weighted by molar-refractivity contribution is 5.06. The fraction of sp³-hybridized carbons (Fsp3) is 1.00. The van der Waals surface area contributed by atoms with Crippen LogP contribution in [0.25, 0.3) is 0 Å². The van der Waals surface area contributed by atoms with E-state index < -0.39 is 0 Å². The van der Waals surface area contributed by atoms with Crippen LogP contribution in [0.4, 0.5) is 0 Å². The number of rotatable bonds is 0. The summed E-state index contributed by atoms with van der Waals surface area (Å²) in [5.41, 5.74) is 6.56. The lowest BCUT2D eigenvalue weighted by atomic mass is 9.48. The molecule has 0 saturated heterocycles. The van der Waals surface area contributed by atoms with E-state index in [9.17, 15) is 0 Å². The molecule has 0 aromatic heterocycles. The zero-order chi connectivity index (χ0) is 8.06. The van der Waals surface area contributed by atoms with E-state index in [-0.39, 0.29) is 0 Å². The number of fused-ring (bicyclic) bond motifs is 1. The molecule has 0 unspecified atom stereocenters. The highest BCUT2D eigenvalue weighted by atomic mass is 14.8. The van der Waals surface area contributed by atoms with Gasteiger partial charge in [-0.05, 0) is 30.1 Å². The summed E-state index contributed by atoms with van der Waals surface area (Å²) in [5.74, 6) is 1.82. The van der Waals surface area contributed by atoms with Crippen LogP contribution in [0.5, 0.6) is 0 Å². The second kappa shape index (κ2) is 2.22. The summed E-state index contributed by atoms with van der Waals surface area (Å²) >= 11 is 0. The molecule has 0 aromatic carbocycles. The highest BCUT2D eigenvalue weighted by Gasteiger charge is 2.54. The Morgan fingerprint density at radius 2 is 1.82 bits per heavy atom. The van der Waals surface area contributed by atoms with Crippen LogP contribution in [0.15, 0.2) is 0 Å². The first-order chi connectivity index (χ1) is 5.14. The molecule has 64 valence electrons. The molecule has 0 aliphatic heterocycles. The lowest BCUT2D eigenvalue weighted by Gasteiger charge is -2.59. The number of hydrogen-bond acceptors (Lipinski definition) is 1. The summed E-state index contributed by atoms with van der Waals surface area (Å²) in [4.78, 5) is 0. The standard InChI is InChI=1S/C10H19N/c1-10(2)8-6-4-3-5-7(8)9(10)11/h7-9H,3-6,11H2,1-2H3/t7-,8-,9-/m1/s1. The Labute approximate surface area is 69.4 Å². The lowest BCUT2D eigenvalue weighted by Crippen LogP contribution is -2.63. The maximum atomic E-state index is 6.11. The molecule has 0 amide bonds. The summed E-state index contributed by atoms with van der Waals surface area (Å²) in [6, 6.07) is 0.493. The van der Waals surface area contributed by atoms with Crippen molar-refractivity contribution in [2.45, 2.75) is 45.6 Å². The van der Waals surface area contributed by atoms with E-state index in [1.54, 1.807) is 0 Å². The van der Waals surface area contributed by atoms with E-state index in [0.29, 0.717) is 11.5 Å². The van der Waals surface area contributed by atoms with Crippen molar-refractivity contribution in [1.82, 2.24) is 0 Å². The van der Waals surface area contributed by atoms with Gasteiger partial charge in [0.1, 0.15) is 0 Å². The highest BCUT2D eigenvalue weighted by Crippen LogP contribution is 2.55. The summed E-state index contributed by atoms with van der Waals surface area (Å²) in [5, 5.41) is 0. The predicted molar refractivity (Wildman–Crippen MR) is 47.2 cm³/mol. The first-order valence-corrected chi connectivity index (χ1v) is 4.89. The van der Waals surface area contributed by atoms with Crippen LogP contribution in [0.3, 0.4) is 0 Å². The van der Waals surface area contributed by atoms with Gasteiger partial charge < -0.3 is 5.73 Å². The minimum Gasteiger partial charge on any atom is -0.327 e. The molecule has 2 aliphatic rings. The summed E-state index contributed by atoms with van der Waals surface area (Å²) in [7, 11) is 0. The van der Waals surface area contributed by atoms with E-state index in [4.69, 9.17) is 5.73 Å². The van der Waals surface area contributed by atoms with E-state index in [1.807, 2.05) is 0 Å². The van der Waals surface area contributed by atoms with Crippen LogP contribution in [0.1, 0.15) is 39.5 Å². The van der Waals surface area contributed by atoms with Gasteiger partial charge in [0.05, 0.1) is 0 Å². The second-order valence-corrected chi connectivity index (χ2v) is 4.90. The summed E-state index contributed by atoms with van der Waals surface area (Å²) in [6.45, 7) is 4.67. The molecule has 2 rings (SSSR count). The Balaban J connectivity index is 2.09. The molecule has 2 fully saturated rings. The van der Waals surface area contributed by atoms with Gasteiger partial charge in [0.2, 0.25) is 0 Å². The molecule has 1 nitrogen and oxygen atoms in total. The normalized spacial score (nSPS) is 47.7. The largest absolute Gasteiger partial charge is 0.327 e. The fourth-order valence-corrected chi connectivity index (χ4v) is 3.19. The van der Waals surface area contributed by atoms with Crippen molar-refractivity contribution < 1.29 is 0 Å². The SMILES string of the molecule is CC1(C)[C@H](N)[C@@H]2CCCC[C@H]21. The van der Waals surface area contributed by atoms with Gasteiger partial charge in [-0.3, -0.25) is 0 Å². The maximum Gasteiger partial charge on any atom is 0.0124 e. The molecular weight excluding hydrogens is 134 g/mol. The van der Waals surface area contributed by atoms with Crippen LogP contribution in [-0.4, -0.2) is 6.04 Å². The third-order valence-electron chi connectivity index (χ3n) is 4.10. The average Bonchev–Trinajstić information content (AvgIpc) is 2.04. The van der Waals surface area contributed by atoms with Crippen molar-refractivity contribution in [3.05, 3.63) is 0 Å². The van der Waals surface area contributed by atoms with Gasteiger partial charge in [-0.25, -0.2) is 0 Å². The zero-order valence-electron chi connectivity index (χ0n) is 7.64. The van der Waals surface area contributed by atoms with Crippen molar-refractivity contribution in [3.8, 4) is 0 Å². The monoisotopic (exact) mass is 153 g/mol. The molecule has 1 heteroatoms. The molecule has 11 heavy (non-hydrogen) atoms. The van der Waals surface area contributed by atoms with Crippen LogP contribution in [0.2, 0.25) is 0 Å². The summed E-state index contributed by atoms with van der Waals surface area (Å²) < 4.78 is 0. The van der Waals surface area contributed by atoms with Crippen molar-refractivity contribution in [2.24, 2.45) is 23.0 Å². The maximum absolute atomic E-state index is 6.11. The minimum absolute atomic E-state index is 0.449. The molecule has 0 bridgehead atoms. The number of hydrogen-bond donors (Lipinski definition) is 1. The molecular formula is C10H19N. The Morgan fingerprint density at radius 3 is 2.45 bits per heavy atom. The van der Waals surface area contributed by atoms with Crippen molar-refractivity contribution in [1.29, 1.82) is 0 Å². The van der Waals surface area contributed by atoms with Gasteiger partial charge in [0, 0.05) is 6.04 Å². The van der Waals surface area contributed by atoms with E-state index in [0.717, 1.165) is 11.8 Å². The molecule has 2 N–H and O–H groups in total. The Hall–Kier alpha value is -0.0400. The average molecular weight is 153 g/mol. The smallest absolute Gasteiger partial charge is 0.0124 e. The van der Waals surface area contributed by atoms with Gasteiger partial charge in [-0.2, -0.15) is 0 Å². The molecule has 3 atom stereocenters. The lowest BCUT2D eigenvalue weighted by molar-refractivity contribution is -0.0695. The van der Waals surface area contributed by atoms with Gasteiger partial charge in [0.25, 0.3) is 0 Å². The van der Waals surface area contributed by atoms with E-state index in [1.165, 1.54) is 25.7 Å². The third kappa shape index (κ3) is 0.868. The molecule has 0 spiro atoms.